The smallest absolute Gasteiger partial charge is 0.322 e. The van der Waals surface area contributed by atoms with Gasteiger partial charge in [0.15, 0.2) is 0 Å². The topological polar surface area (TPSA) is 69.6 Å². The number of benzene rings is 3. The molecule has 0 aromatic heterocycles. The number of unbranched alkanes of at least 4 members (excludes halogenated alkanes) is 4. The number of aliphatic carboxylic acids is 1. The van der Waals surface area contributed by atoms with Crippen LogP contribution in [0.25, 0.3) is 0 Å². The molecule has 2 amide bonds. The molecule has 1 unspecified atom stereocenters. The molecule has 36 heavy (non-hydrogen) atoms. The minimum atomic E-state index is -0.832. The molecule has 1 atom stereocenters. The van der Waals surface area contributed by atoms with E-state index in [2.05, 4.69) is 31.3 Å². The number of carbonyl (C=O) groups is 2. The fourth-order valence-electron chi connectivity index (χ4n) is 4.06. The van der Waals surface area contributed by atoms with Crippen LogP contribution >= 0.6 is 11.8 Å². The van der Waals surface area contributed by atoms with Crippen molar-refractivity contribution in [3.05, 3.63) is 90.0 Å². The Balaban J connectivity index is 1.62. The van der Waals surface area contributed by atoms with Gasteiger partial charge in [-0.1, -0.05) is 86.8 Å². The highest BCUT2D eigenvalue weighted by Crippen LogP contribution is 2.29. The Bertz CT molecular complexity index is 1090. The number of rotatable bonds is 13. The first-order chi connectivity index (χ1) is 17.5. The summed E-state index contributed by atoms with van der Waals surface area (Å²) >= 11 is 1.60. The van der Waals surface area contributed by atoms with Crippen LogP contribution in [0.3, 0.4) is 0 Å². The summed E-state index contributed by atoms with van der Waals surface area (Å²) in [4.78, 5) is 28.2. The third-order valence-corrected chi connectivity index (χ3v) is 7.15. The number of urea groups is 1. The maximum atomic E-state index is 13.3. The van der Waals surface area contributed by atoms with Crippen molar-refractivity contribution in [1.82, 2.24) is 4.90 Å². The lowest BCUT2D eigenvalue weighted by Crippen LogP contribution is -2.37. The van der Waals surface area contributed by atoms with Crippen LogP contribution in [0.1, 0.15) is 63.1 Å². The van der Waals surface area contributed by atoms with E-state index >= 15 is 0 Å². The molecular formula is C30H36N2O3S. The minimum Gasteiger partial charge on any atom is -0.481 e. The monoisotopic (exact) mass is 504 g/mol. The van der Waals surface area contributed by atoms with Crippen LogP contribution in [0.2, 0.25) is 0 Å². The zero-order valence-electron chi connectivity index (χ0n) is 21.2. The third kappa shape index (κ3) is 8.76. The zero-order valence-corrected chi connectivity index (χ0v) is 22.0. The van der Waals surface area contributed by atoms with Gasteiger partial charge < -0.3 is 15.3 Å². The maximum Gasteiger partial charge on any atom is 0.322 e. The Kier molecular flexibility index (Phi) is 10.9. The number of nitrogens with zero attached hydrogens (tertiary/aromatic N) is 1. The number of anilines is 1. The molecule has 0 aliphatic heterocycles. The average molecular weight is 505 g/mol. The molecule has 3 aromatic rings. The summed E-state index contributed by atoms with van der Waals surface area (Å²) in [6.45, 7) is 5.01. The van der Waals surface area contributed by atoms with Crippen LogP contribution in [0.4, 0.5) is 10.5 Å². The summed E-state index contributed by atoms with van der Waals surface area (Å²) in [6.07, 6.45) is 5.78. The highest BCUT2D eigenvalue weighted by Gasteiger charge is 2.21. The maximum absolute atomic E-state index is 13.3. The number of nitrogens with one attached hydrogen (secondary N) is 1. The first-order valence-corrected chi connectivity index (χ1v) is 13.5. The van der Waals surface area contributed by atoms with E-state index in [9.17, 15) is 9.59 Å². The number of hydrogen-bond acceptors (Lipinski definition) is 3. The van der Waals surface area contributed by atoms with E-state index in [1.807, 2.05) is 71.6 Å². The van der Waals surface area contributed by atoms with Crippen molar-refractivity contribution in [3.63, 3.8) is 0 Å². The molecule has 0 bridgehead atoms. The van der Waals surface area contributed by atoms with Crippen LogP contribution in [-0.4, -0.2) is 28.6 Å². The Morgan fingerprint density at radius 3 is 2.08 bits per heavy atom. The van der Waals surface area contributed by atoms with Crippen molar-refractivity contribution < 1.29 is 14.7 Å². The highest BCUT2D eigenvalue weighted by atomic mass is 32.2. The molecule has 0 heterocycles. The van der Waals surface area contributed by atoms with Gasteiger partial charge in [0.2, 0.25) is 0 Å². The molecule has 0 saturated carbocycles. The Hall–Kier alpha value is -3.25. The number of carboxylic acid groups (broad SMARTS) is 1. The number of amides is 2. The van der Waals surface area contributed by atoms with E-state index in [4.69, 9.17) is 5.11 Å². The summed E-state index contributed by atoms with van der Waals surface area (Å²) in [5.41, 5.74) is 2.67. The molecule has 0 fully saturated rings. The van der Waals surface area contributed by atoms with Gasteiger partial charge in [-0.3, -0.25) is 4.79 Å². The van der Waals surface area contributed by atoms with Crippen molar-refractivity contribution in [2.75, 3.05) is 11.9 Å². The Morgan fingerprint density at radius 2 is 1.47 bits per heavy atom. The Morgan fingerprint density at radius 1 is 0.861 bits per heavy atom. The van der Waals surface area contributed by atoms with Crippen LogP contribution in [0.15, 0.2) is 88.7 Å². The predicted molar refractivity (Wildman–Crippen MR) is 148 cm³/mol. The molecule has 190 valence electrons. The first kappa shape index (κ1) is 27.3. The molecule has 0 aliphatic carbocycles. The number of carboxylic acids is 1. The molecule has 3 rings (SSSR count). The molecule has 0 saturated heterocycles. The lowest BCUT2D eigenvalue weighted by atomic mass is 10.1. The number of carbonyl (C=O) groups excluding carboxylic acids is 1. The van der Waals surface area contributed by atoms with Gasteiger partial charge in [0.25, 0.3) is 0 Å². The van der Waals surface area contributed by atoms with Crippen molar-refractivity contribution in [2.24, 2.45) is 0 Å². The molecule has 2 N–H and O–H groups in total. The molecule has 0 aliphatic rings. The second-order valence-electron chi connectivity index (χ2n) is 8.97. The second kappa shape index (κ2) is 14.3. The average Bonchev–Trinajstić information content (AvgIpc) is 2.88. The summed E-state index contributed by atoms with van der Waals surface area (Å²) in [7, 11) is 0. The molecule has 5 nitrogen and oxygen atoms in total. The minimum absolute atomic E-state index is 0.0173. The zero-order chi connectivity index (χ0) is 25.8. The van der Waals surface area contributed by atoms with Gasteiger partial charge in [-0.05, 0) is 60.9 Å². The predicted octanol–water partition coefficient (Wildman–Crippen LogP) is 8.03. The van der Waals surface area contributed by atoms with Crippen LogP contribution in [0, 0.1) is 0 Å². The Labute approximate surface area is 218 Å². The highest BCUT2D eigenvalue weighted by molar-refractivity contribution is 7.99. The fourth-order valence-corrected chi connectivity index (χ4v) is 4.87. The number of hydrogen-bond donors (Lipinski definition) is 2. The molecule has 6 heteroatoms. The second-order valence-corrected chi connectivity index (χ2v) is 10.1. The van der Waals surface area contributed by atoms with Crippen LogP contribution < -0.4 is 5.32 Å². The first-order valence-electron chi connectivity index (χ1n) is 12.7. The lowest BCUT2D eigenvalue weighted by Gasteiger charge is -2.30. The lowest BCUT2D eigenvalue weighted by molar-refractivity contribution is -0.136. The van der Waals surface area contributed by atoms with Gasteiger partial charge in [0.1, 0.15) is 0 Å². The van der Waals surface area contributed by atoms with E-state index in [1.165, 1.54) is 19.3 Å². The summed E-state index contributed by atoms with van der Waals surface area (Å²) < 4.78 is 0. The van der Waals surface area contributed by atoms with Crippen molar-refractivity contribution in [2.45, 2.75) is 68.2 Å². The summed E-state index contributed by atoms with van der Waals surface area (Å²) in [5, 5.41) is 12.0. The molecular weight excluding hydrogens is 468 g/mol. The largest absolute Gasteiger partial charge is 0.481 e. The van der Waals surface area contributed by atoms with Gasteiger partial charge in [-0.15, -0.1) is 0 Å². The van der Waals surface area contributed by atoms with E-state index in [-0.39, 0.29) is 18.5 Å². The van der Waals surface area contributed by atoms with E-state index < -0.39 is 5.97 Å². The fraction of sp³-hybridized carbons (Fsp3) is 0.333. The molecule has 0 spiro atoms. The summed E-state index contributed by atoms with van der Waals surface area (Å²) in [6, 6.07) is 25.4. The SMILES string of the molecule is CCCCCCCN(C(=O)Nc1ccc(Sc2ccc(CC(=O)O)cc2)cc1)C(C)c1ccccc1. The third-order valence-electron chi connectivity index (χ3n) is 6.13. The van der Waals surface area contributed by atoms with Gasteiger partial charge >= 0.3 is 12.0 Å². The van der Waals surface area contributed by atoms with Crippen LogP contribution in [0.5, 0.6) is 0 Å². The van der Waals surface area contributed by atoms with Crippen molar-refractivity contribution >= 4 is 29.4 Å². The van der Waals surface area contributed by atoms with Gasteiger partial charge in [0.05, 0.1) is 12.5 Å². The van der Waals surface area contributed by atoms with Gasteiger partial charge in [-0.2, -0.15) is 0 Å². The van der Waals surface area contributed by atoms with Gasteiger partial charge in [0, 0.05) is 22.0 Å². The van der Waals surface area contributed by atoms with Crippen molar-refractivity contribution in [3.8, 4) is 0 Å². The quantitative estimate of drug-likeness (QED) is 0.231. The molecule has 3 aromatic carbocycles. The van der Waals surface area contributed by atoms with E-state index in [1.54, 1.807) is 11.8 Å². The van der Waals surface area contributed by atoms with E-state index in [0.717, 1.165) is 46.0 Å². The van der Waals surface area contributed by atoms with Gasteiger partial charge in [-0.25, -0.2) is 4.79 Å². The van der Waals surface area contributed by atoms with Crippen LogP contribution in [-0.2, 0) is 11.2 Å². The molecule has 0 radical (unpaired) electrons. The summed E-state index contributed by atoms with van der Waals surface area (Å²) in [5.74, 6) is -0.832. The van der Waals surface area contributed by atoms with Crippen molar-refractivity contribution in [1.29, 1.82) is 0 Å². The standard InChI is InChI=1S/C30H36N2O3S/c1-3-4-5-6-10-21-32(23(2)25-11-8-7-9-12-25)30(35)31-26-15-19-28(20-16-26)36-27-17-13-24(14-18-27)22-29(33)34/h7-9,11-20,23H,3-6,10,21-22H2,1-2H3,(H,31,35)(H,33,34). The normalized spacial score (nSPS) is 11.6. The van der Waals surface area contributed by atoms with E-state index in [0.29, 0.717) is 0 Å².